The topological polar surface area (TPSA) is 68.4 Å². The van der Waals surface area contributed by atoms with Crippen molar-refractivity contribution < 1.29 is 23.5 Å². The molecule has 1 heterocycles. The maximum atomic E-state index is 13.6. The molecule has 0 aliphatic carbocycles. The minimum Gasteiger partial charge on any atom is -0.494 e. The number of rotatable bonds is 3. The molecule has 0 saturated heterocycles. The van der Waals surface area contributed by atoms with E-state index in [0.29, 0.717) is 17.2 Å². The van der Waals surface area contributed by atoms with E-state index in [2.05, 4.69) is 9.72 Å². The molecule has 0 aliphatic heterocycles. The largest absolute Gasteiger partial charge is 0.494 e. The lowest BCUT2D eigenvalue weighted by Crippen LogP contribution is -2.04. The maximum Gasteiger partial charge on any atom is 0.355 e. The van der Waals surface area contributed by atoms with Crippen LogP contribution in [0.2, 0.25) is 0 Å². The molecule has 0 fully saturated rings. The number of carbonyl (C=O) groups is 2. The molecule has 1 N–H and O–H groups in total. The third-order valence-electron chi connectivity index (χ3n) is 2.62. The maximum absolute atomic E-state index is 13.6. The van der Waals surface area contributed by atoms with Crippen LogP contribution >= 0.6 is 0 Å². The average Bonchev–Trinajstić information content (AvgIpc) is 2.74. The van der Waals surface area contributed by atoms with Gasteiger partial charge >= 0.3 is 5.97 Å². The van der Waals surface area contributed by atoms with Gasteiger partial charge in [0.2, 0.25) is 0 Å². The summed E-state index contributed by atoms with van der Waals surface area (Å²) >= 11 is 0. The number of benzene rings is 1. The zero-order valence-corrected chi connectivity index (χ0v) is 9.74. The second kappa shape index (κ2) is 4.48. The number of halogens is 1. The summed E-state index contributed by atoms with van der Waals surface area (Å²) in [6, 6.07) is 2.52. The average molecular weight is 251 g/mol. The van der Waals surface area contributed by atoms with Crippen molar-refractivity contribution in [3.63, 3.8) is 0 Å². The van der Waals surface area contributed by atoms with Crippen molar-refractivity contribution in [3.05, 3.63) is 29.2 Å². The third kappa shape index (κ3) is 1.71. The Morgan fingerprint density at radius 2 is 2.11 bits per heavy atom. The Balaban J connectivity index is 2.76. The molecule has 0 bridgehead atoms. The van der Waals surface area contributed by atoms with Crippen molar-refractivity contribution in [2.75, 3.05) is 14.2 Å². The fourth-order valence-corrected chi connectivity index (χ4v) is 1.76. The number of methoxy groups -OCH3 is 2. The van der Waals surface area contributed by atoms with E-state index >= 15 is 0 Å². The molecule has 6 heteroatoms. The third-order valence-corrected chi connectivity index (χ3v) is 2.62. The molecule has 0 aliphatic rings. The van der Waals surface area contributed by atoms with E-state index in [0.717, 1.165) is 6.07 Å². The molecule has 0 atom stereocenters. The number of aromatic amines is 1. The van der Waals surface area contributed by atoms with Gasteiger partial charge in [0, 0.05) is 11.5 Å². The van der Waals surface area contributed by atoms with Crippen LogP contribution in [0.25, 0.3) is 10.9 Å². The van der Waals surface area contributed by atoms with E-state index in [1.54, 1.807) is 0 Å². The van der Waals surface area contributed by atoms with Crippen molar-refractivity contribution >= 4 is 23.2 Å². The number of carbonyl (C=O) groups excluding carboxylic acids is 2. The minimum absolute atomic E-state index is 0.00449. The molecule has 0 saturated carbocycles. The molecule has 0 spiro atoms. The lowest BCUT2D eigenvalue weighted by atomic mass is 10.1. The molecule has 2 aromatic rings. The predicted octanol–water partition coefficient (Wildman–Crippen LogP) is 1.91. The number of hydrogen-bond acceptors (Lipinski definition) is 4. The molecule has 94 valence electrons. The first-order valence-electron chi connectivity index (χ1n) is 5.05. The summed E-state index contributed by atoms with van der Waals surface area (Å²) in [7, 11) is 2.53. The zero-order valence-electron chi connectivity index (χ0n) is 9.74. The van der Waals surface area contributed by atoms with Crippen molar-refractivity contribution in [1.82, 2.24) is 4.98 Å². The van der Waals surface area contributed by atoms with Crippen LogP contribution in [0.1, 0.15) is 20.8 Å². The van der Waals surface area contributed by atoms with Gasteiger partial charge in [-0.3, -0.25) is 4.79 Å². The monoisotopic (exact) mass is 251 g/mol. The molecular formula is C12H10FNO4. The Kier molecular flexibility index (Phi) is 3.01. The van der Waals surface area contributed by atoms with Gasteiger partial charge in [-0.25, -0.2) is 9.18 Å². The summed E-state index contributed by atoms with van der Waals surface area (Å²) in [6.07, 6.45) is 0.483. The number of fused-ring (bicyclic) bond motifs is 1. The first-order chi connectivity index (χ1) is 8.62. The highest BCUT2D eigenvalue weighted by Crippen LogP contribution is 2.28. The number of aromatic nitrogens is 1. The quantitative estimate of drug-likeness (QED) is 0.668. The fourth-order valence-electron chi connectivity index (χ4n) is 1.76. The lowest BCUT2D eigenvalue weighted by Gasteiger charge is -2.01. The second-order valence-electron chi connectivity index (χ2n) is 3.56. The standard InChI is InChI=1S/C12H10FNO4/c1-17-10-4-9-6(3-8(10)13)7(5-15)11(14-9)12(16)18-2/h3-5,14H,1-2H3. The first kappa shape index (κ1) is 12.1. The van der Waals surface area contributed by atoms with Crippen LogP contribution in [0.3, 0.4) is 0 Å². The van der Waals surface area contributed by atoms with E-state index in [1.165, 1.54) is 20.3 Å². The lowest BCUT2D eigenvalue weighted by molar-refractivity contribution is 0.0593. The summed E-state index contributed by atoms with van der Waals surface area (Å²) in [5.74, 6) is -1.27. The van der Waals surface area contributed by atoms with E-state index in [9.17, 15) is 14.0 Å². The summed E-state index contributed by atoms with van der Waals surface area (Å²) in [6.45, 7) is 0. The van der Waals surface area contributed by atoms with E-state index in [4.69, 9.17) is 4.74 Å². The molecule has 0 radical (unpaired) electrons. The van der Waals surface area contributed by atoms with Gasteiger partial charge in [0.1, 0.15) is 5.69 Å². The van der Waals surface area contributed by atoms with Crippen molar-refractivity contribution in [2.24, 2.45) is 0 Å². The second-order valence-corrected chi connectivity index (χ2v) is 3.56. The molecule has 1 aromatic heterocycles. The van der Waals surface area contributed by atoms with Gasteiger partial charge in [0.15, 0.2) is 17.9 Å². The highest BCUT2D eigenvalue weighted by Gasteiger charge is 2.19. The molecule has 18 heavy (non-hydrogen) atoms. The zero-order chi connectivity index (χ0) is 13.3. The molecule has 0 unspecified atom stereocenters. The number of hydrogen-bond donors (Lipinski definition) is 1. The summed E-state index contributed by atoms with van der Waals surface area (Å²) in [5, 5.41) is 0.309. The number of ether oxygens (including phenoxy) is 2. The van der Waals surface area contributed by atoms with Gasteiger partial charge in [0.25, 0.3) is 0 Å². The number of H-pyrrole nitrogens is 1. The fraction of sp³-hybridized carbons (Fsp3) is 0.167. The van der Waals surface area contributed by atoms with Crippen molar-refractivity contribution in [2.45, 2.75) is 0 Å². The molecule has 0 amide bonds. The van der Waals surface area contributed by atoms with E-state index < -0.39 is 11.8 Å². The summed E-state index contributed by atoms with van der Waals surface area (Å²) in [5.41, 5.74) is 0.490. The van der Waals surface area contributed by atoms with Gasteiger partial charge < -0.3 is 14.5 Å². The van der Waals surface area contributed by atoms with Gasteiger partial charge in [0.05, 0.1) is 25.3 Å². The molecular weight excluding hydrogens is 241 g/mol. The Labute approximate surface area is 101 Å². The van der Waals surface area contributed by atoms with Gasteiger partial charge in [-0.15, -0.1) is 0 Å². The van der Waals surface area contributed by atoms with Crippen LogP contribution in [-0.2, 0) is 4.74 Å². The minimum atomic E-state index is -0.687. The number of nitrogens with one attached hydrogen (secondary N) is 1. The van der Waals surface area contributed by atoms with Crippen LogP contribution in [0.15, 0.2) is 12.1 Å². The van der Waals surface area contributed by atoms with Crippen molar-refractivity contribution in [3.8, 4) is 5.75 Å². The summed E-state index contributed by atoms with van der Waals surface area (Å²) in [4.78, 5) is 25.2. The molecule has 2 rings (SSSR count). The van der Waals surface area contributed by atoms with E-state index in [1.807, 2.05) is 0 Å². The molecule has 1 aromatic carbocycles. The van der Waals surface area contributed by atoms with Gasteiger partial charge in [-0.05, 0) is 6.07 Å². The van der Waals surface area contributed by atoms with E-state index in [-0.39, 0.29) is 17.0 Å². The van der Waals surface area contributed by atoms with Crippen LogP contribution in [-0.4, -0.2) is 31.5 Å². The smallest absolute Gasteiger partial charge is 0.355 e. The Morgan fingerprint density at radius 3 is 2.67 bits per heavy atom. The molecule has 5 nitrogen and oxygen atoms in total. The van der Waals surface area contributed by atoms with Crippen LogP contribution < -0.4 is 4.74 Å². The normalized spacial score (nSPS) is 10.4. The summed E-state index contributed by atoms with van der Waals surface area (Å²) < 4.78 is 22.9. The van der Waals surface area contributed by atoms with Crippen LogP contribution in [0.4, 0.5) is 4.39 Å². The SMILES string of the molecule is COC(=O)c1[nH]c2cc(OC)c(F)cc2c1C=O. The Hall–Kier alpha value is -2.37. The van der Waals surface area contributed by atoms with Crippen molar-refractivity contribution in [1.29, 1.82) is 0 Å². The first-order valence-corrected chi connectivity index (χ1v) is 5.05. The Morgan fingerprint density at radius 1 is 1.39 bits per heavy atom. The highest BCUT2D eigenvalue weighted by atomic mass is 19.1. The number of esters is 1. The number of aldehydes is 1. The van der Waals surface area contributed by atoms with Crippen LogP contribution in [0.5, 0.6) is 5.75 Å². The van der Waals surface area contributed by atoms with Gasteiger partial charge in [-0.2, -0.15) is 0 Å². The predicted molar refractivity (Wildman–Crippen MR) is 61.5 cm³/mol. The Bertz CT molecular complexity index is 633. The van der Waals surface area contributed by atoms with Crippen LogP contribution in [0, 0.1) is 5.82 Å². The van der Waals surface area contributed by atoms with Gasteiger partial charge in [-0.1, -0.05) is 0 Å². The highest BCUT2D eigenvalue weighted by molar-refractivity contribution is 6.08.